The van der Waals surface area contributed by atoms with Gasteiger partial charge in [-0.15, -0.1) is 0 Å². The molecule has 352 valence electrons. The first-order valence-electron chi connectivity index (χ1n) is 26.3. The maximum atomic E-state index is 13.1. The standard InChI is InChI=1S/C53H100N2O5/c1-6-10-14-18-20-26-37-49(35-24-16-12-8-3)52(57)59-44-32-23-22-30-42-55(43-31-28-34-48-40-41-54-47(48)5)46-51(56)39-29-33-45-60-53(58)50(36-25-17-13-9-4)38-27-21-19-15-11-7-2/h40-41,48-51,56H,6-39,42-46H2,1-5H3. The fourth-order valence-electron chi connectivity index (χ4n) is 8.78. The maximum absolute atomic E-state index is 13.1. The molecule has 0 bridgehead atoms. The molecule has 4 atom stereocenters. The van der Waals surface area contributed by atoms with Crippen LogP contribution in [0.15, 0.2) is 17.3 Å². The quantitative estimate of drug-likeness (QED) is 0.0485. The summed E-state index contributed by atoms with van der Waals surface area (Å²) in [5, 5.41) is 11.1. The Labute approximate surface area is 372 Å². The van der Waals surface area contributed by atoms with Crippen LogP contribution in [0.3, 0.4) is 0 Å². The predicted octanol–water partition coefficient (Wildman–Crippen LogP) is 14.9. The molecule has 0 aliphatic carbocycles. The first-order chi connectivity index (χ1) is 29.4. The molecule has 0 fully saturated rings. The summed E-state index contributed by atoms with van der Waals surface area (Å²) in [6.45, 7) is 14.8. The number of aliphatic hydroxyl groups is 1. The van der Waals surface area contributed by atoms with Gasteiger partial charge in [-0.3, -0.25) is 14.6 Å². The number of allylic oxidation sites excluding steroid dienone is 1. The van der Waals surface area contributed by atoms with Crippen molar-refractivity contribution in [2.75, 3.05) is 32.8 Å². The second-order valence-electron chi connectivity index (χ2n) is 18.6. The Morgan fingerprint density at radius 3 is 1.40 bits per heavy atom. The summed E-state index contributed by atoms with van der Waals surface area (Å²) in [5.74, 6) is 0.635. The van der Waals surface area contributed by atoms with Gasteiger partial charge in [0.2, 0.25) is 0 Å². The molecule has 7 nitrogen and oxygen atoms in total. The average molecular weight is 845 g/mol. The second kappa shape index (κ2) is 41.3. The van der Waals surface area contributed by atoms with E-state index in [4.69, 9.17) is 9.47 Å². The molecule has 7 heteroatoms. The van der Waals surface area contributed by atoms with Gasteiger partial charge in [-0.2, -0.15) is 0 Å². The lowest BCUT2D eigenvalue weighted by Gasteiger charge is -2.25. The van der Waals surface area contributed by atoms with Gasteiger partial charge in [-0.1, -0.05) is 181 Å². The minimum atomic E-state index is -0.377. The van der Waals surface area contributed by atoms with E-state index < -0.39 is 0 Å². The minimum Gasteiger partial charge on any atom is -0.465 e. The number of carbonyl (C=O) groups excluding carboxylic acids is 2. The molecule has 4 unspecified atom stereocenters. The van der Waals surface area contributed by atoms with Crippen LogP contribution >= 0.6 is 0 Å². The van der Waals surface area contributed by atoms with E-state index in [1.807, 2.05) is 6.20 Å². The van der Waals surface area contributed by atoms with Gasteiger partial charge in [-0.25, -0.2) is 0 Å². The predicted molar refractivity (Wildman–Crippen MR) is 257 cm³/mol. The molecule has 0 aromatic carbocycles. The fraction of sp³-hybridized carbons (Fsp3) is 0.906. The Hall–Kier alpha value is -1.73. The third kappa shape index (κ3) is 32.0. The number of esters is 2. The summed E-state index contributed by atoms with van der Waals surface area (Å²) in [6, 6.07) is 0. The number of ether oxygens (including phenoxy) is 2. The topological polar surface area (TPSA) is 88.4 Å². The van der Waals surface area contributed by atoms with Crippen LogP contribution in [0.4, 0.5) is 0 Å². The van der Waals surface area contributed by atoms with E-state index >= 15 is 0 Å². The lowest BCUT2D eigenvalue weighted by molar-refractivity contribution is -0.150. The summed E-state index contributed by atoms with van der Waals surface area (Å²) in [4.78, 5) is 33.1. The molecule has 1 heterocycles. The maximum Gasteiger partial charge on any atom is 0.308 e. The van der Waals surface area contributed by atoms with Crippen LogP contribution in [0.25, 0.3) is 0 Å². The van der Waals surface area contributed by atoms with Crippen molar-refractivity contribution in [2.24, 2.45) is 22.7 Å². The van der Waals surface area contributed by atoms with E-state index in [0.717, 1.165) is 129 Å². The third-order valence-electron chi connectivity index (χ3n) is 12.9. The van der Waals surface area contributed by atoms with Crippen LogP contribution < -0.4 is 0 Å². The number of aliphatic hydroxyl groups excluding tert-OH is 1. The Bertz CT molecular complexity index is 1050. The van der Waals surface area contributed by atoms with E-state index in [2.05, 4.69) is 50.6 Å². The summed E-state index contributed by atoms with van der Waals surface area (Å²) in [7, 11) is 0. The Kier molecular flexibility index (Phi) is 38.7. The van der Waals surface area contributed by atoms with E-state index in [1.165, 1.54) is 108 Å². The monoisotopic (exact) mass is 845 g/mol. The smallest absolute Gasteiger partial charge is 0.308 e. The van der Waals surface area contributed by atoms with Gasteiger partial charge in [0, 0.05) is 24.4 Å². The van der Waals surface area contributed by atoms with Gasteiger partial charge in [-0.05, 0) is 90.6 Å². The summed E-state index contributed by atoms with van der Waals surface area (Å²) in [5.41, 5.74) is 1.22. The minimum absolute atomic E-state index is 0.00463. The highest BCUT2D eigenvalue weighted by atomic mass is 16.5. The fourth-order valence-corrected chi connectivity index (χ4v) is 8.78. The van der Waals surface area contributed by atoms with Crippen LogP contribution in [-0.4, -0.2) is 66.6 Å². The number of aliphatic imine (C=N–C) groups is 1. The van der Waals surface area contributed by atoms with Crippen molar-refractivity contribution < 1.29 is 24.2 Å². The number of carbonyl (C=O) groups is 2. The summed E-state index contributed by atoms with van der Waals surface area (Å²) in [6.07, 6.45) is 42.3. The van der Waals surface area contributed by atoms with Crippen molar-refractivity contribution >= 4 is 17.7 Å². The molecule has 1 rings (SSSR count). The first-order valence-corrected chi connectivity index (χ1v) is 26.3. The van der Waals surface area contributed by atoms with Crippen LogP contribution in [-0.2, 0) is 19.1 Å². The second-order valence-corrected chi connectivity index (χ2v) is 18.6. The molecule has 1 aliphatic heterocycles. The Morgan fingerprint density at radius 1 is 0.550 bits per heavy atom. The molecule has 0 saturated carbocycles. The van der Waals surface area contributed by atoms with Gasteiger partial charge < -0.3 is 19.5 Å². The number of hydrogen-bond donors (Lipinski definition) is 1. The van der Waals surface area contributed by atoms with Crippen molar-refractivity contribution in [3.63, 3.8) is 0 Å². The van der Waals surface area contributed by atoms with E-state index in [0.29, 0.717) is 25.7 Å². The lowest BCUT2D eigenvalue weighted by Crippen LogP contribution is -2.34. The van der Waals surface area contributed by atoms with Crippen molar-refractivity contribution in [3.05, 3.63) is 12.3 Å². The molecule has 1 aliphatic rings. The highest BCUT2D eigenvalue weighted by Gasteiger charge is 2.21. The molecule has 0 radical (unpaired) electrons. The number of unbranched alkanes of at least 4 members (excludes halogenated alkanes) is 21. The average Bonchev–Trinajstić information content (AvgIpc) is 3.66. The van der Waals surface area contributed by atoms with Crippen molar-refractivity contribution in [3.8, 4) is 0 Å². The molecular formula is C53H100N2O5. The summed E-state index contributed by atoms with van der Waals surface area (Å²) < 4.78 is 11.7. The van der Waals surface area contributed by atoms with E-state index in [9.17, 15) is 14.7 Å². The van der Waals surface area contributed by atoms with E-state index in [-0.39, 0.29) is 29.9 Å². The zero-order valence-corrected chi connectivity index (χ0v) is 40.5. The Morgan fingerprint density at radius 2 is 0.933 bits per heavy atom. The van der Waals surface area contributed by atoms with Crippen LogP contribution in [0, 0.1) is 17.8 Å². The first kappa shape index (κ1) is 56.3. The van der Waals surface area contributed by atoms with Crippen molar-refractivity contribution in [2.45, 2.75) is 259 Å². The summed E-state index contributed by atoms with van der Waals surface area (Å²) >= 11 is 0. The molecule has 0 spiro atoms. The molecule has 0 amide bonds. The van der Waals surface area contributed by atoms with Crippen molar-refractivity contribution in [1.82, 2.24) is 4.90 Å². The van der Waals surface area contributed by atoms with Gasteiger partial charge in [0.15, 0.2) is 0 Å². The third-order valence-corrected chi connectivity index (χ3v) is 12.9. The normalized spacial score (nSPS) is 15.4. The molecule has 0 saturated heterocycles. The van der Waals surface area contributed by atoms with Gasteiger partial charge in [0.25, 0.3) is 0 Å². The molecular weight excluding hydrogens is 745 g/mol. The zero-order valence-electron chi connectivity index (χ0n) is 40.5. The van der Waals surface area contributed by atoms with Crippen LogP contribution in [0.1, 0.15) is 253 Å². The molecule has 0 aromatic rings. The lowest BCUT2D eigenvalue weighted by atomic mass is 9.94. The van der Waals surface area contributed by atoms with Gasteiger partial charge in [0.1, 0.15) is 0 Å². The highest BCUT2D eigenvalue weighted by molar-refractivity contribution is 5.88. The largest absolute Gasteiger partial charge is 0.465 e. The molecule has 0 aromatic heterocycles. The number of hydrogen-bond acceptors (Lipinski definition) is 7. The van der Waals surface area contributed by atoms with Crippen LogP contribution in [0.5, 0.6) is 0 Å². The molecule has 60 heavy (non-hydrogen) atoms. The zero-order chi connectivity index (χ0) is 43.7. The van der Waals surface area contributed by atoms with Gasteiger partial charge in [0.05, 0.1) is 31.2 Å². The number of nitrogens with zero attached hydrogens (tertiary/aromatic N) is 2. The van der Waals surface area contributed by atoms with E-state index in [1.54, 1.807) is 0 Å². The number of rotatable bonds is 45. The molecule has 1 N–H and O–H groups in total. The van der Waals surface area contributed by atoms with Gasteiger partial charge >= 0.3 is 11.9 Å². The van der Waals surface area contributed by atoms with Crippen LogP contribution in [0.2, 0.25) is 0 Å². The SMILES string of the molecule is CCCCCCCCC(CCCCCC)C(=O)OCCCCCCN(CCCCC1C=CN=C1C)CC(O)CCCCOC(=O)C(CCCCCC)CCCCCCCC. The highest BCUT2D eigenvalue weighted by Crippen LogP contribution is 2.23. The Balaban J connectivity index is 2.49. The van der Waals surface area contributed by atoms with Crippen molar-refractivity contribution in [1.29, 1.82) is 0 Å².